The maximum Gasteiger partial charge on any atom is 0.272 e. The van der Waals surface area contributed by atoms with Crippen LogP contribution in [0.4, 0.5) is 0 Å². The summed E-state index contributed by atoms with van der Waals surface area (Å²) in [7, 11) is 0. The molecular formula is C18H24N4O3. The van der Waals surface area contributed by atoms with Gasteiger partial charge in [0.25, 0.3) is 5.56 Å². The van der Waals surface area contributed by atoms with Crippen LogP contribution in [0.5, 0.6) is 0 Å². The molecule has 1 atom stereocenters. The minimum absolute atomic E-state index is 0.0143. The van der Waals surface area contributed by atoms with Gasteiger partial charge in [-0.2, -0.15) is 5.10 Å². The molecule has 2 N–H and O–H groups in total. The lowest BCUT2D eigenvalue weighted by molar-refractivity contribution is -0.132. The highest BCUT2D eigenvalue weighted by atomic mass is 16.3. The number of aliphatic hydroxyl groups is 1. The maximum atomic E-state index is 12.6. The quantitative estimate of drug-likeness (QED) is 0.819. The van der Waals surface area contributed by atoms with Crippen molar-refractivity contribution in [3.8, 4) is 0 Å². The van der Waals surface area contributed by atoms with E-state index in [0.29, 0.717) is 30.7 Å². The number of hydrogen-bond donors (Lipinski definition) is 2. The maximum absolute atomic E-state index is 12.6. The van der Waals surface area contributed by atoms with Gasteiger partial charge in [0.1, 0.15) is 0 Å². The molecule has 134 valence electrons. The lowest BCUT2D eigenvalue weighted by Gasteiger charge is -2.35. The minimum atomic E-state index is -0.307. The van der Waals surface area contributed by atoms with Gasteiger partial charge >= 0.3 is 0 Å². The largest absolute Gasteiger partial charge is 0.392 e. The Hall–Kier alpha value is -2.25. The second-order valence-electron chi connectivity index (χ2n) is 6.47. The molecular weight excluding hydrogens is 320 g/mol. The Morgan fingerprint density at radius 1 is 1.24 bits per heavy atom. The summed E-state index contributed by atoms with van der Waals surface area (Å²) in [6, 6.07) is 7.20. The molecule has 0 saturated carbocycles. The molecule has 0 radical (unpaired) electrons. The zero-order valence-corrected chi connectivity index (χ0v) is 14.4. The van der Waals surface area contributed by atoms with Crippen LogP contribution in [0, 0.1) is 0 Å². The third-order valence-electron chi connectivity index (χ3n) is 4.76. The number of nitrogens with zero attached hydrogens (tertiary/aromatic N) is 3. The van der Waals surface area contributed by atoms with Crippen molar-refractivity contribution in [2.24, 2.45) is 0 Å². The fourth-order valence-corrected chi connectivity index (χ4v) is 3.17. The van der Waals surface area contributed by atoms with Gasteiger partial charge in [0.2, 0.25) is 5.91 Å². The molecule has 0 bridgehead atoms. The number of aromatic nitrogens is 2. The number of aliphatic hydroxyl groups excluding tert-OH is 1. The zero-order valence-electron chi connectivity index (χ0n) is 14.4. The predicted octanol–water partition coefficient (Wildman–Crippen LogP) is 0.381. The molecule has 1 amide bonds. The van der Waals surface area contributed by atoms with Crippen molar-refractivity contribution in [2.45, 2.75) is 25.9 Å². The van der Waals surface area contributed by atoms with Crippen molar-refractivity contribution < 1.29 is 9.90 Å². The lowest BCUT2D eigenvalue weighted by Crippen LogP contribution is -2.50. The fraction of sp³-hybridized carbons (Fsp3) is 0.500. The van der Waals surface area contributed by atoms with Crippen molar-refractivity contribution in [3.63, 3.8) is 0 Å². The van der Waals surface area contributed by atoms with Gasteiger partial charge in [-0.3, -0.25) is 14.5 Å². The number of piperazine rings is 1. The highest BCUT2D eigenvalue weighted by Gasteiger charge is 2.23. The van der Waals surface area contributed by atoms with Gasteiger partial charge in [0.15, 0.2) is 0 Å². The van der Waals surface area contributed by atoms with Gasteiger partial charge in [-0.15, -0.1) is 0 Å². The van der Waals surface area contributed by atoms with Crippen molar-refractivity contribution >= 4 is 16.7 Å². The van der Waals surface area contributed by atoms with E-state index in [1.807, 2.05) is 24.0 Å². The Bertz CT molecular complexity index is 796. The number of H-pyrrole nitrogens is 1. The van der Waals surface area contributed by atoms with Gasteiger partial charge in [-0.25, -0.2) is 5.10 Å². The highest BCUT2D eigenvalue weighted by molar-refractivity contribution is 5.88. The van der Waals surface area contributed by atoms with Crippen LogP contribution < -0.4 is 5.56 Å². The topological polar surface area (TPSA) is 89.5 Å². The van der Waals surface area contributed by atoms with E-state index in [9.17, 15) is 14.7 Å². The normalized spacial score (nSPS) is 17.0. The molecule has 0 unspecified atom stereocenters. The molecule has 7 heteroatoms. The Balaban J connectivity index is 1.64. The van der Waals surface area contributed by atoms with E-state index in [-0.39, 0.29) is 24.0 Å². The number of benzene rings is 1. The molecule has 1 aliphatic rings. The van der Waals surface area contributed by atoms with Gasteiger partial charge < -0.3 is 10.0 Å². The molecule has 2 heterocycles. The van der Waals surface area contributed by atoms with E-state index in [0.717, 1.165) is 24.9 Å². The molecule has 1 saturated heterocycles. The van der Waals surface area contributed by atoms with Crippen LogP contribution in [0.3, 0.4) is 0 Å². The predicted molar refractivity (Wildman–Crippen MR) is 95.4 cm³/mol. The number of carbonyl (C=O) groups excluding carboxylic acids is 1. The molecule has 3 rings (SSSR count). The van der Waals surface area contributed by atoms with Crippen LogP contribution in [0.2, 0.25) is 0 Å². The number of β-amino-alcohol motifs (C(OH)–C–C–N with tert-alkyl or cyclic N) is 1. The zero-order chi connectivity index (χ0) is 17.8. The van der Waals surface area contributed by atoms with Crippen molar-refractivity contribution in [1.29, 1.82) is 0 Å². The Labute approximate surface area is 146 Å². The Morgan fingerprint density at radius 2 is 1.92 bits per heavy atom. The summed E-state index contributed by atoms with van der Waals surface area (Å²) < 4.78 is 0. The van der Waals surface area contributed by atoms with E-state index < -0.39 is 0 Å². The Morgan fingerprint density at radius 3 is 2.60 bits per heavy atom. The number of aromatic amines is 1. The molecule has 25 heavy (non-hydrogen) atoms. The third-order valence-corrected chi connectivity index (χ3v) is 4.76. The SMILES string of the molecule is CC[C@@H](O)CN1CCN(C(=O)Cc2n[nH]c(=O)c3ccccc23)CC1. The van der Waals surface area contributed by atoms with Crippen LogP contribution in [0.15, 0.2) is 29.1 Å². The van der Waals surface area contributed by atoms with Gasteiger partial charge in [0.05, 0.1) is 23.6 Å². The lowest BCUT2D eigenvalue weighted by atomic mass is 10.1. The van der Waals surface area contributed by atoms with E-state index in [1.54, 1.807) is 12.1 Å². The van der Waals surface area contributed by atoms with Gasteiger partial charge in [-0.1, -0.05) is 25.1 Å². The summed E-state index contributed by atoms with van der Waals surface area (Å²) in [4.78, 5) is 28.5. The van der Waals surface area contributed by atoms with Crippen LogP contribution in [0.25, 0.3) is 10.8 Å². The smallest absolute Gasteiger partial charge is 0.272 e. The fourth-order valence-electron chi connectivity index (χ4n) is 3.17. The second kappa shape index (κ2) is 7.76. The van der Waals surface area contributed by atoms with E-state index >= 15 is 0 Å². The van der Waals surface area contributed by atoms with Crippen molar-refractivity contribution in [2.75, 3.05) is 32.7 Å². The average molecular weight is 344 g/mol. The van der Waals surface area contributed by atoms with Crippen LogP contribution in [0.1, 0.15) is 19.0 Å². The third kappa shape index (κ3) is 4.05. The first-order valence-electron chi connectivity index (χ1n) is 8.73. The molecule has 1 aromatic heterocycles. The molecule has 0 aliphatic carbocycles. The second-order valence-corrected chi connectivity index (χ2v) is 6.47. The minimum Gasteiger partial charge on any atom is -0.392 e. The molecule has 1 aliphatic heterocycles. The number of rotatable bonds is 5. The number of fused-ring (bicyclic) bond motifs is 1. The monoisotopic (exact) mass is 344 g/mol. The number of hydrogen-bond acceptors (Lipinski definition) is 5. The first-order chi connectivity index (χ1) is 12.1. The van der Waals surface area contributed by atoms with Gasteiger partial charge in [0, 0.05) is 38.1 Å². The highest BCUT2D eigenvalue weighted by Crippen LogP contribution is 2.14. The summed E-state index contributed by atoms with van der Waals surface area (Å²) >= 11 is 0. The summed E-state index contributed by atoms with van der Waals surface area (Å²) in [5.41, 5.74) is 0.360. The first-order valence-corrected chi connectivity index (χ1v) is 8.73. The first kappa shape index (κ1) is 17.6. The average Bonchev–Trinajstić information content (AvgIpc) is 2.64. The molecule has 2 aromatic rings. The number of nitrogens with one attached hydrogen (secondary N) is 1. The standard InChI is InChI=1S/C18H24N4O3/c1-2-13(23)12-21-7-9-22(10-8-21)17(24)11-16-14-5-3-4-6-15(14)18(25)20-19-16/h3-6,13,23H,2,7-12H2,1H3,(H,20,25)/t13-/m1/s1. The van der Waals surface area contributed by atoms with Crippen LogP contribution in [-0.4, -0.2) is 69.8 Å². The summed E-state index contributed by atoms with van der Waals surface area (Å²) in [6.07, 6.45) is 0.609. The molecule has 7 nitrogen and oxygen atoms in total. The molecule has 0 spiro atoms. The summed E-state index contributed by atoms with van der Waals surface area (Å²) in [6.45, 7) is 5.45. The van der Waals surface area contributed by atoms with E-state index in [2.05, 4.69) is 15.1 Å². The Kier molecular flexibility index (Phi) is 5.45. The number of carbonyl (C=O) groups is 1. The van der Waals surface area contributed by atoms with Crippen LogP contribution in [-0.2, 0) is 11.2 Å². The van der Waals surface area contributed by atoms with Gasteiger partial charge in [-0.05, 0) is 12.5 Å². The van der Waals surface area contributed by atoms with E-state index in [1.165, 1.54) is 0 Å². The summed E-state index contributed by atoms with van der Waals surface area (Å²) in [5, 5.41) is 17.6. The van der Waals surface area contributed by atoms with Crippen molar-refractivity contribution in [3.05, 3.63) is 40.3 Å². The molecule has 1 aromatic carbocycles. The van der Waals surface area contributed by atoms with E-state index in [4.69, 9.17) is 0 Å². The summed E-state index contributed by atoms with van der Waals surface area (Å²) in [5.74, 6) is 0.0143. The number of amides is 1. The molecule has 1 fully saturated rings. The van der Waals surface area contributed by atoms with Crippen LogP contribution >= 0.6 is 0 Å². The van der Waals surface area contributed by atoms with Crippen molar-refractivity contribution in [1.82, 2.24) is 20.0 Å².